The van der Waals surface area contributed by atoms with Crippen LogP contribution in [0.15, 0.2) is 18.2 Å². The Morgan fingerprint density at radius 1 is 1.33 bits per heavy atom. The molecule has 1 rings (SSSR count). The van der Waals surface area contributed by atoms with Gasteiger partial charge in [0.2, 0.25) is 0 Å². The fraction of sp³-hybridized carbons (Fsp3) is 0.417. The van der Waals surface area contributed by atoms with Crippen molar-refractivity contribution in [2.75, 3.05) is 0 Å². The Kier molecular flexibility index (Phi) is 3.03. The van der Waals surface area contributed by atoms with E-state index in [0.29, 0.717) is 5.75 Å². The van der Waals surface area contributed by atoms with E-state index in [2.05, 4.69) is 20.8 Å². The Labute approximate surface area is 89.7 Å². The van der Waals surface area contributed by atoms with E-state index in [1.807, 2.05) is 19.1 Å². The van der Waals surface area contributed by atoms with Gasteiger partial charge in [0.15, 0.2) is 0 Å². The highest BCUT2D eigenvalue weighted by Crippen LogP contribution is 2.30. The van der Waals surface area contributed by atoms with Crippen molar-refractivity contribution >= 4 is 6.16 Å². The monoisotopic (exact) mass is 208 g/mol. The van der Waals surface area contributed by atoms with Gasteiger partial charge in [-0.1, -0.05) is 32.9 Å². The lowest BCUT2D eigenvalue weighted by molar-refractivity contribution is 0.144. The normalized spacial score (nSPS) is 11.2. The van der Waals surface area contributed by atoms with E-state index in [1.165, 1.54) is 0 Å². The van der Waals surface area contributed by atoms with E-state index < -0.39 is 6.16 Å². The van der Waals surface area contributed by atoms with Crippen LogP contribution in [-0.4, -0.2) is 11.3 Å². The minimum atomic E-state index is -1.27. The molecular weight excluding hydrogens is 192 g/mol. The summed E-state index contributed by atoms with van der Waals surface area (Å²) in [5.41, 5.74) is 1.97. The molecule has 1 aromatic rings. The fourth-order valence-electron chi connectivity index (χ4n) is 1.63. The Balaban J connectivity index is 3.17. The summed E-state index contributed by atoms with van der Waals surface area (Å²) >= 11 is 0. The summed E-state index contributed by atoms with van der Waals surface area (Å²) < 4.78 is 4.70. The van der Waals surface area contributed by atoms with Crippen LogP contribution in [0.1, 0.15) is 31.9 Å². The first-order chi connectivity index (χ1) is 6.82. The number of hydrogen-bond acceptors (Lipinski definition) is 2. The van der Waals surface area contributed by atoms with Crippen molar-refractivity contribution in [3.8, 4) is 5.75 Å². The first-order valence-corrected chi connectivity index (χ1v) is 4.83. The number of carboxylic acid groups (broad SMARTS) is 1. The van der Waals surface area contributed by atoms with Crippen molar-refractivity contribution in [2.45, 2.75) is 33.1 Å². The molecule has 0 aliphatic rings. The number of hydrogen-bond donors (Lipinski definition) is 1. The third-order valence-electron chi connectivity index (χ3n) is 2.29. The molecule has 0 amide bonds. The topological polar surface area (TPSA) is 46.5 Å². The molecule has 82 valence electrons. The first kappa shape index (κ1) is 11.6. The SMILES string of the molecule is Cc1c(OC(=O)O)cccc1C(C)(C)C. The van der Waals surface area contributed by atoms with Crippen molar-refractivity contribution in [1.29, 1.82) is 0 Å². The van der Waals surface area contributed by atoms with Gasteiger partial charge in [-0.3, -0.25) is 0 Å². The predicted octanol–water partition coefficient (Wildman–Crippen LogP) is 3.35. The molecule has 0 aliphatic heterocycles. The van der Waals surface area contributed by atoms with Crippen LogP contribution in [0.2, 0.25) is 0 Å². The van der Waals surface area contributed by atoms with Gasteiger partial charge >= 0.3 is 6.16 Å². The molecule has 0 spiro atoms. The average Bonchev–Trinajstić information content (AvgIpc) is 2.05. The zero-order valence-corrected chi connectivity index (χ0v) is 9.50. The van der Waals surface area contributed by atoms with Crippen LogP contribution < -0.4 is 4.74 Å². The molecule has 0 saturated heterocycles. The summed E-state index contributed by atoms with van der Waals surface area (Å²) in [7, 11) is 0. The largest absolute Gasteiger partial charge is 0.511 e. The molecule has 0 heterocycles. The molecule has 1 N–H and O–H groups in total. The highest BCUT2D eigenvalue weighted by Gasteiger charge is 2.18. The Bertz CT molecular complexity index is 375. The van der Waals surface area contributed by atoms with Gasteiger partial charge < -0.3 is 9.84 Å². The van der Waals surface area contributed by atoms with Crippen LogP contribution in [0.3, 0.4) is 0 Å². The van der Waals surface area contributed by atoms with E-state index >= 15 is 0 Å². The summed E-state index contributed by atoms with van der Waals surface area (Å²) in [6.45, 7) is 8.12. The van der Waals surface area contributed by atoms with Crippen LogP contribution in [-0.2, 0) is 5.41 Å². The standard InChI is InChI=1S/C12H16O3/c1-8-9(12(2,3)4)6-5-7-10(8)15-11(13)14/h5-7H,1-4H3,(H,13,14). The lowest BCUT2D eigenvalue weighted by Crippen LogP contribution is -2.14. The van der Waals surface area contributed by atoms with Crippen molar-refractivity contribution in [1.82, 2.24) is 0 Å². The molecule has 0 saturated carbocycles. The minimum absolute atomic E-state index is 0.0119. The number of carbonyl (C=O) groups is 1. The van der Waals surface area contributed by atoms with Crippen molar-refractivity contribution in [3.63, 3.8) is 0 Å². The highest BCUT2D eigenvalue weighted by atomic mass is 16.7. The lowest BCUT2D eigenvalue weighted by atomic mass is 9.84. The third kappa shape index (κ3) is 2.72. The van der Waals surface area contributed by atoms with Crippen molar-refractivity contribution < 1.29 is 14.6 Å². The Morgan fingerprint density at radius 2 is 1.93 bits per heavy atom. The quantitative estimate of drug-likeness (QED) is 0.568. The highest BCUT2D eigenvalue weighted by molar-refractivity contribution is 5.62. The molecule has 0 fully saturated rings. The maximum atomic E-state index is 10.5. The first-order valence-electron chi connectivity index (χ1n) is 4.83. The van der Waals surface area contributed by atoms with E-state index in [4.69, 9.17) is 9.84 Å². The molecule has 1 aromatic carbocycles. The predicted molar refractivity (Wildman–Crippen MR) is 58.5 cm³/mol. The molecule has 0 atom stereocenters. The Hall–Kier alpha value is -1.51. The average molecular weight is 208 g/mol. The molecule has 0 bridgehead atoms. The summed E-state index contributed by atoms with van der Waals surface area (Å²) in [6, 6.07) is 5.47. The van der Waals surface area contributed by atoms with Gasteiger partial charge in [0.25, 0.3) is 0 Å². The second kappa shape index (κ2) is 3.93. The molecule has 15 heavy (non-hydrogen) atoms. The number of rotatable bonds is 1. The molecular formula is C12H16O3. The van der Waals surface area contributed by atoms with Gasteiger partial charge in [0.05, 0.1) is 0 Å². The maximum absolute atomic E-state index is 10.5. The summed E-state index contributed by atoms with van der Waals surface area (Å²) in [6.07, 6.45) is -1.27. The van der Waals surface area contributed by atoms with E-state index in [1.54, 1.807) is 6.07 Å². The van der Waals surface area contributed by atoms with Crippen LogP contribution in [0.5, 0.6) is 5.75 Å². The maximum Gasteiger partial charge on any atom is 0.511 e. The molecule has 0 aliphatic carbocycles. The van der Waals surface area contributed by atoms with Crippen LogP contribution >= 0.6 is 0 Å². The summed E-state index contributed by atoms with van der Waals surface area (Å²) in [4.78, 5) is 10.5. The second-order valence-electron chi connectivity index (χ2n) is 4.55. The Morgan fingerprint density at radius 3 is 2.40 bits per heavy atom. The second-order valence-corrected chi connectivity index (χ2v) is 4.55. The van der Waals surface area contributed by atoms with Crippen LogP contribution in [0.4, 0.5) is 4.79 Å². The van der Waals surface area contributed by atoms with Crippen LogP contribution in [0, 0.1) is 6.92 Å². The summed E-state index contributed by atoms with van der Waals surface area (Å²) in [5, 5.41) is 8.56. The van der Waals surface area contributed by atoms with E-state index in [9.17, 15) is 4.79 Å². The zero-order valence-electron chi connectivity index (χ0n) is 9.50. The molecule has 0 unspecified atom stereocenters. The summed E-state index contributed by atoms with van der Waals surface area (Å²) in [5.74, 6) is 0.412. The molecule has 0 radical (unpaired) electrons. The molecule has 0 aromatic heterocycles. The number of ether oxygens (including phenoxy) is 1. The minimum Gasteiger partial charge on any atom is -0.449 e. The van der Waals surface area contributed by atoms with Crippen molar-refractivity contribution in [3.05, 3.63) is 29.3 Å². The third-order valence-corrected chi connectivity index (χ3v) is 2.29. The zero-order chi connectivity index (χ0) is 11.6. The molecule has 3 nitrogen and oxygen atoms in total. The lowest BCUT2D eigenvalue weighted by Gasteiger charge is -2.22. The van der Waals surface area contributed by atoms with Gasteiger partial charge in [-0.05, 0) is 29.5 Å². The van der Waals surface area contributed by atoms with E-state index in [0.717, 1.165) is 11.1 Å². The van der Waals surface area contributed by atoms with Gasteiger partial charge in [0.1, 0.15) is 5.75 Å². The fourth-order valence-corrected chi connectivity index (χ4v) is 1.63. The van der Waals surface area contributed by atoms with Crippen molar-refractivity contribution in [2.24, 2.45) is 0 Å². The molecule has 3 heteroatoms. The van der Waals surface area contributed by atoms with Gasteiger partial charge in [-0.25, -0.2) is 4.79 Å². The number of benzene rings is 1. The van der Waals surface area contributed by atoms with Gasteiger partial charge in [0, 0.05) is 0 Å². The van der Waals surface area contributed by atoms with Crippen LogP contribution in [0.25, 0.3) is 0 Å². The van der Waals surface area contributed by atoms with Gasteiger partial charge in [-0.15, -0.1) is 0 Å². The van der Waals surface area contributed by atoms with E-state index in [-0.39, 0.29) is 5.41 Å². The smallest absolute Gasteiger partial charge is 0.449 e. The van der Waals surface area contributed by atoms with Gasteiger partial charge in [-0.2, -0.15) is 0 Å².